The zero-order valence-electron chi connectivity index (χ0n) is 9.69. The first-order chi connectivity index (χ1) is 8.19. The van der Waals surface area contributed by atoms with Gasteiger partial charge in [0.05, 0.1) is 12.2 Å². The molecule has 4 N–H and O–H groups in total. The lowest BCUT2D eigenvalue weighted by atomic mass is 10.3. The fourth-order valence-corrected chi connectivity index (χ4v) is 1.36. The molecule has 90 valence electrons. The van der Waals surface area contributed by atoms with Crippen molar-refractivity contribution in [1.29, 1.82) is 0 Å². The lowest BCUT2D eigenvalue weighted by Gasteiger charge is -2.07. The van der Waals surface area contributed by atoms with Crippen LogP contribution in [-0.2, 0) is 6.54 Å². The van der Waals surface area contributed by atoms with Crippen molar-refractivity contribution >= 4 is 11.8 Å². The number of hydrazine groups is 1. The van der Waals surface area contributed by atoms with Crippen molar-refractivity contribution in [3.8, 4) is 0 Å². The van der Waals surface area contributed by atoms with E-state index in [-0.39, 0.29) is 0 Å². The summed E-state index contributed by atoms with van der Waals surface area (Å²) >= 11 is 0. The summed E-state index contributed by atoms with van der Waals surface area (Å²) in [4.78, 5) is 8.19. The number of hydrogen-bond donors (Lipinski definition) is 3. The molecule has 0 aromatic carbocycles. The number of hydrogen-bond acceptors (Lipinski definition) is 7. The lowest BCUT2D eigenvalue weighted by molar-refractivity contribution is 0.384. The van der Waals surface area contributed by atoms with Crippen LogP contribution in [0.3, 0.4) is 0 Å². The second-order valence-corrected chi connectivity index (χ2v) is 3.66. The van der Waals surface area contributed by atoms with Crippen LogP contribution < -0.4 is 16.6 Å². The van der Waals surface area contributed by atoms with Crippen LogP contribution in [0.1, 0.15) is 17.0 Å². The molecule has 0 saturated heterocycles. The van der Waals surface area contributed by atoms with Crippen LogP contribution in [0.5, 0.6) is 0 Å². The molecule has 0 spiro atoms. The third-order valence-electron chi connectivity index (χ3n) is 2.21. The van der Waals surface area contributed by atoms with Gasteiger partial charge < -0.3 is 9.84 Å². The molecule has 7 nitrogen and oxygen atoms in total. The van der Waals surface area contributed by atoms with E-state index in [2.05, 4.69) is 25.9 Å². The highest BCUT2D eigenvalue weighted by Crippen LogP contribution is 2.13. The Labute approximate surface area is 98.4 Å². The molecular formula is C10H14N6O. The Morgan fingerprint density at radius 2 is 2.24 bits per heavy atom. The summed E-state index contributed by atoms with van der Waals surface area (Å²) in [6, 6.07) is 1.87. The van der Waals surface area contributed by atoms with E-state index in [1.165, 1.54) is 0 Å². The van der Waals surface area contributed by atoms with E-state index in [1.54, 1.807) is 6.20 Å². The Morgan fingerprint density at radius 3 is 2.88 bits per heavy atom. The monoisotopic (exact) mass is 234 g/mol. The van der Waals surface area contributed by atoms with Crippen LogP contribution in [0.4, 0.5) is 11.8 Å². The highest BCUT2D eigenvalue weighted by Gasteiger charge is 2.05. The fourth-order valence-electron chi connectivity index (χ4n) is 1.36. The second-order valence-electron chi connectivity index (χ2n) is 3.66. The van der Waals surface area contributed by atoms with Gasteiger partial charge in [-0.1, -0.05) is 5.16 Å². The summed E-state index contributed by atoms with van der Waals surface area (Å²) in [6.45, 7) is 4.30. The smallest absolute Gasteiger partial charge is 0.239 e. The summed E-state index contributed by atoms with van der Waals surface area (Å²) in [7, 11) is 0. The van der Waals surface area contributed by atoms with Crippen molar-refractivity contribution in [3.63, 3.8) is 0 Å². The van der Waals surface area contributed by atoms with Gasteiger partial charge in [0.15, 0.2) is 5.76 Å². The minimum atomic E-state index is 0.367. The molecule has 0 aliphatic carbocycles. The summed E-state index contributed by atoms with van der Waals surface area (Å²) < 4.78 is 5.09. The van der Waals surface area contributed by atoms with Crippen LogP contribution in [-0.4, -0.2) is 15.1 Å². The molecule has 17 heavy (non-hydrogen) atoms. The molecule has 0 unspecified atom stereocenters. The van der Waals surface area contributed by atoms with Crippen LogP contribution in [0, 0.1) is 13.8 Å². The highest BCUT2D eigenvalue weighted by molar-refractivity contribution is 5.46. The summed E-state index contributed by atoms with van der Waals surface area (Å²) in [6.07, 6.45) is 1.69. The minimum absolute atomic E-state index is 0.367. The van der Waals surface area contributed by atoms with Gasteiger partial charge in [0.25, 0.3) is 0 Å². The Kier molecular flexibility index (Phi) is 3.20. The minimum Gasteiger partial charge on any atom is -0.362 e. The number of nitrogen functional groups attached to an aromatic ring is 1. The normalized spacial score (nSPS) is 10.3. The number of anilines is 2. The lowest BCUT2D eigenvalue weighted by Crippen LogP contribution is -2.12. The van der Waals surface area contributed by atoms with Gasteiger partial charge in [0, 0.05) is 17.8 Å². The van der Waals surface area contributed by atoms with E-state index >= 15 is 0 Å². The van der Waals surface area contributed by atoms with Gasteiger partial charge in [0.1, 0.15) is 5.82 Å². The third-order valence-corrected chi connectivity index (χ3v) is 2.21. The first-order valence-electron chi connectivity index (χ1n) is 5.15. The zero-order chi connectivity index (χ0) is 12.3. The van der Waals surface area contributed by atoms with Crippen molar-refractivity contribution < 1.29 is 4.52 Å². The van der Waals surface area contributed by atoms with Gasteiger partial charge in [-0.2, -0.15) is 4.98 Å². The van der Waals surface area contributed by atoms with Crippen molar-refractivity contribution in [3.05, 3.63) is 29.3 Å². The predicted octanol–water partition coefficient (Wildman–Crippen LogP) is 0.979. The topological polar surface area (TPSA) is 102 Å². The van der Waals surface area contributed by atoms with Gasteiger partial charge in [0.2, 0.25) is 5.95 Å². The molecule has 0 amide bonds. The SMILES string of the molecule is Cc1cc(CNc2nc(NN)ncc2C)on1. The standard InChI is InChI=1S/C10H14N6O/c1-6-4-13-10(15-11)14-9(6)12-5-8-3-7(2)16-17-8/h3-4H,5,11H2,1-2H3,(H2,12,13,14,15). The maximum absolute atomic E-state index is 5.25. The Hall–Kier alpha value is -2.15. The number of nitrogens with one attached hydrogen (secondary N) is 2. The molecule has 0 aliphatic heterocycles. The fraction of sp³-hybridized carbons (Fsp3) is 0.300. The Balaban J connectivity index is 2.07. The molecule has 0 fully saturated rings. The average molecular weight is 234 g/mol. The number of nitrogens with two attached hydrogens (primary N) is 1. The zero-order valence-corrected chi connectivity index (χ0v) is 9.69. The van der Waals surface area contributed by atoms with E-state index in [4.69, 9.17) is 10.4 Å². The number of rotatable bonds is 4. The summed E-state index contributed by atoms with van der Waals surface area (Å²) in [5.74, 6) is 7.08. The average Bonchev–Trinajstić information content (AvgIpc) is 2.74. The van der Waals surface area contributed by atoms with Crippen molar-refractivity contribution in [1.82, 2.24) is 15.1 Å². The molecule has 0 saturated carbocycles. The second kappa shape index (κ2) is 4.79. The van der Waals surface area contributed by atoms with Crippen molar-refractivity contribution in [2.45, 2.75) is 20.4 Å². The van der Waals surface area contributed by atoms with Gasteiger partial charge in [-0.3, -0.25) is 5.43 Å². The van der Waals surface area contributed by atoms with Crippen molar-refractivity contribution in [2.24, 2.45) is 5.84 Å². The van der Waals surface area contributed by atoms with Crippen molar-refractivity contribution in [2.75, 3.05) is 10.7 Å². The first-order valence-corrected chi connectivity index (χ1v) is 5.15. The molecule has 2 aromatic rings. The van der Waals surface area contributed by atoms with Gasteiger partial charge in [-0.15, -0.1) is 0 Å². The van der Waals surface area contributed by atoms with E-state index in [9.17, 15) is 0 Å². The molecule has 0 atom stereocenters. The molecule has 2 heterocycles. The largest absolute Gasteiger partial charge is 0.362 e. The van der Waals surface area contributed by atoms with Crippen LogP contribution in [0.15, 0.2) is 16.8 Å². The molecule has 2 aromatic heterocycles. The summed E-state index contributed by atoms with van der Waals surface area (Å²) in [5, 5.41) is 6.94. The molecule has 2 rings (SSSR count). The third kappa shape index (κ3) is 2.70. The number of aromatic nitrogens is 3. The maximum Gasteiger partial charge on any atom is 0.239 e. The number of nitrogens with zero attached hydrogens (tertiary/aromatic N) is 3. The quantitative estimate of drug-likeness (QED) is 0.535. The molecule has 0 bridgehead atoms. The Morgan fingerprint density at radius 1 is 1.41 bits per heavy atom. The number of aryl methyl sites for hydroxylation is 2. The van der Waals surface area contributed by atoms with E-state index < -0.39 is 0 Å². The maximum atomic E-state index is 5.25. The van der Waals surface area contributed by atoms with Gasteiger partial charge >= 0.3 is 0 Å². The highest BCUT2D eigenvalue weighted by atomic mass is 16.5. The molecular weight excluding hydrogens is 220 g/mol. The molecule has 7 heteroatoms. The first kappa shape index (κ1) is 11.3. The Bertz CT molecular complexity index is 509. The molecule has 0 radical (unpaired) electrons. The van der Waals surface area contributed by atoms with Crippen LogP contribution >= 0.6 is 0 Å². The van der Waals surface area contributed by atoms with Gasteiger partial charge in [-0.25, -0.2) is 10.8 Å². The summed E-state index contributed by atoms with van der Waals surface area (Å²) in [5.41, 5.74) is 4.18. The van der Waals surface area contributed by atoms with Crippen LogP contribution in [0.25, 0.3) is 0 Å². The van der Waals surface area contributed by atoms with Crippen LogP contribution in [0.2, 0.25) is 0 Å². The van der Waals surface area contributed by atoms with E-state index in [0.717, 1.165) is 17.0 Å². The van der Waals surface area contributed by atoms with Gasteiger partial charge in [-0.05, 0) is 13.8 Å². The predicted molar refractivity (Wildman–Crippen MR) is 63.1 cm³/mol. The van der Waals surface area contributed by atoms with E-state index in [0.29, 0.717) is 18.3 Å². The molecule has 0 aliphatic rings. The van der Waals surface area contributed by atoms with E-state index in [1.807, 2.05) is 19.9 Å².